The van der Waals surface area contributed by atoms with E-state index in [0.717, 1.165) is 0 Å². The second-order valence-electron chi connectivity index (χ2n) is 4.66. The van der Waals surface area contributed by atoms with Crippen molar-refractivity contribution in [3.63, 3.8) is 0 Å². The van der Waals surface area contributed by atoms with Gasteiger partial charge in [-0.25, -0.2) is 4.79 Å². The van der Waals surface area contributed by atoms with Crippen LogP contribution in [0.4, 0.5) is 14.5 Å². The van der Waals surface area contributed by atoms with Crippen molar-refractivity contribution in [1.29, 1.82) is 0 Å². The van der Waals surface area contributed by atoms with Crippen LogP contribution in [0.15, 0.2) is 47.1 Å². The third-order valence-corrected chi connectivity index (χ3v) is 3.14. The molecule has 1 atom stereocenters. The number of carbonyl (C=O) groups excluding carboxylic acids is 1. The quantitative estimate of drug-likeness (QED) is 0.788. The zero-order valence-corrected chi connectivity index (χ0v) is 12.7. The first-order chi connectivity index (χ1) is 11.0. The monoisotopic (exact) mass is 325 g/mol. The van der Waals surface area contributed by atoms with Gasteiger partial charge in [-0.2, -0.15) is 8.78 Å². The minimum atomic E-state index is -3.80. The van der Waals surface area contributed by atoms with Crippen LogP contribution in [0.5, 0.6) is 5.75 Å². The maximum Gasteiger partial charge on any atom is 0.379 e. The summed E-state index contributed by atoms with van der Waals surface area (Å²) in [5, 5.41) is 2.61. The predicted molar refractivity (Wildman–Crippen MR) is 79.6 cm³/mol. The number of ether oxygens (including phenoxy) is 2. The lowest BCUT2D eigenvalue weighted by molar-refractivity contribution is -0.174. The Morgan fingerprint density at radius 1 is 1.30 bits per heavy atom. The maximum atomic E-state index is 14.4. The highest BCUT2D eigenvalue weighted by molar-refractivity contribution is 5.79. The van der Waals surface area contributed by atoms with E-state index in [1.807, 2.05) is 0 Å². The molecule has 1 aromatic carbocycles. The highest BCUT2D eigenvalue weighted by Gasteiger charge is 2.51. The number of carbonyl (C=O) groups is 1. The lowest BCUT2D eigenvalue weighted by Gasteiger charge is -2.25. The van der Waals surface area contributed by atoms with Crippen LogP contribution in [0.25, 0.3) is 0 Å². The van der Waals surface area contributed by atoms with E-state index in [9.17, 15) is 13.6 Å². The van der Waals surface area contributed by atoms with Gasteiger partial charge in [0, 0.05) is 5.69 Å². The van der Waals surface area contributed by atoms with Crippen LogP contribution < -0.4 is 10.1 Å². The average molecular weight is 325 g/mol. The molecule has 7 heteroatoms. The SMILES string of the molecule is CCOC(=O)C(F)(F)C(Nc1ccc(OC)cc1)c1ccco1. The zero-order valence-electron chi connectivity index (χ0n) is 12.7. The molecule has 0 amide bonds. The predicted octanol–water partition coefficient (Wildman–Crippen LogP) is 3.64. The van der Waals surface area contributed by atoms with Gasteiger partial charge in [0.15, 0.2) is 6.04 Å². The number of hydrogen-bond donors (Lipinski definition) is 1. The lowest BCUT2D eigenvalue weighted by atomic mass is 10.1. The summed E-state index contributed by atoms with van der Waals surface area (Å²) in [7, 11) is 1.50. The fourth-order valence-corrected chi connectivity index (χ4v) is 2.00. The van der Waals surface area contributed by atoms with Gasteiger partial charge in [0.25, 0.3) is 0 Å². The van der Waals surface area contributed by atoms with Crippen molar-refractivity contribution in [3.05, 3.63) is 48.4 Å². The van der Waals surface area contributed by atoms with Crippen molar-refractivity contribution in [2.75, 3.05) is 19.0 Å². The minimum Gasteiger partial charge on any atom is -0.497 e. The van der Waals surface area contributed by atoms with E-state index in [1.165, 1.54) is 32.4 Å². The maximum absolute atomic E-state index is 14.4. The molecule has 0 aliphatic carbocycles. The molecule has 0 saturated carbocycles. The molecule has 0 fully saturated rings. The summed E-state index contributed by atoms with van der Waals surface area (Å²) in [5.74, 6) is -4.89. The number of alkyl halides is 2. The first kappa shape index (κ1) is 16.8. The van der Waals surface area contributed by atoms with Crippen molar-refractivity contribution in [3.8, 4) is 5.75 Å². The van der Waals surface area contributed by atoms with Gasteiger partial charge < -0.3 is 19.2 Å². The Morgan fingerprint density at radius 3 is 2.52 bits per heavy atom. The number of esters is 1. The lowest BCUT2D eigenvalue weighted by Crippen LogP contribution is -2.41. The first-order valence-electron chi connectivity index (χ1n) is 6.98. The van der Waals surface area contributed by atoms with Gasteiger partial charge in [-0.05, 0) is 43.3 Å². The van der Waals surface area contributed by atoms with Crippen LogP contribution in [0.2, 0.25) is 0 Å². The Kier molecular flexibility index (Phi) is 5.20. The highest BCUT2D eigenvalue weighted by atomic mass is 19.3. The molecule has 0 aliphatic rings. The number of benzene rings is 1. The molecule has 0 radical (unpaired) electrons. The Balaban J connectivity index is 2.29. The van der Waals surface area contributed by atoms with E-state index >= 15 is 0 Å². The van der Waals surface area contributed by atoms with Crippen LogP contribution in [0, 0.1) is 0 Å². The number of halogens is 2. The van der Waals surface area contributed by atoms with Crippen molar-refractivity contribution in [1.82, 2.24) is 0 Å². The molecule has 1 heterocycles. The Hall–Kier alpha value is -2.57. The normalized spacial score (nSPS) is 12.5. The molecule has 1 unspecified atom stereocenters. The summed E-state index contributed by atoms with van der Waals surface area (Å²) < 4.78 is 43.4. The van der Waals surface area contributed by atoms with Gasteiger partial charge in [0.2, 0.25) is 0 Å². The van der Waals surface area contributed by atoms with Gasteiger partial charge >= 0.3 is 11.9 Å². The van der Waals surface area contributed by atoms with Crippen LogP contribution in [-0.2, 0) is 9.53 Å². The highest BCUT2D eigenvalue weighted by Crippen LogP contribution is 2.36. The standard InChI is InChI=1S/C16H17F2NO4/c1-3-22-15(20)16(17,18)14(13-5-4-10-23-13)19-11-6-8-12(21-2)9-7-11/h4-10,14,19H,3H2,1-2H3. The van der Waals surface area contributed by atoms with E-state index < -0.39 is 17.9 Å². The van der Waals surface area contributed by atoms with E-state index in [0.29, 0.717) is 11.4 Å². The van der Waals surface area contributed by atoms with Gasteiger partial charge in [-0.3, -0.25) is 0 Å². The summed E-state index contributed by atoms with van der Waals surface area (Å²) in [4.78, 5) is 11.6. The van der Waals surface area contributed by atoms with Gasteiger partial charge in [-0.1, -0.05) is 0 Å². The van der Waals surface area contributed by atoms with Crippen molar-refractivity contribution in [2.24, 2.45) is 0 Å². The van der Waals surface area contributed by atoms with Crippen molar-refractivity contribution in [2.45, 2.75) is 18.9 Å². The third-order valence-electron chi connectivity index (χ3n) is 3.14. The molecule has 1 N–H and O–H groups in total. The molecular formula is C16H17F2NO4. The number of nitrogens with one attached hydrogen (secondary N) is 1. The van der Waals surface area contributed by atoms with Crippen LogP contribution >= 0.6 is 0 Å². The fraction of sp³-hybridized carbons (Fsp3) is 0.312. The third kappa shape index (κ3) is 3.80. The average Bonchev–Trinajstić information content (AvgIpc) is 3.07. The number of methoxy groups -OCH3 is 1. The van der Waals surface area contributed by atoms with Crippen LogP contribution in [0.3, 0.4) is 0 Å². The molecule has 0 bridgehead atoms. The van der Waals surface area contributed by atoms with E-state index in [-0.39, 0.29) is 12.4 Å². The topological polar surface area (TPSA) is 60.7 Å². The second kappa shape index (κ2) is 7.13. The number of rotatable bonds is 7. The summed E-state index contributed by atoms with van der Waals surface area (Å²) >= 11 is 0. The Morgan fingerprint density at radius 2 is 2.00 bits per heavy atom. The van der Waals surface area contributed by atoms with E-state index in [4.69, 9.17) is 9.15 Å². The molecule has 0 spiro atoms. The molecule has 0 aliphatic heterocycles. The van der Waals surface area contributed by atoms with E-state index in [2.05, 4.69) is 10.1 Å². The number of hydrogen-bond acceptors (Lipinski definition) is 5. The van der Waals surface area contributed by atoms with E-state index in [1.54, 1.807) is 24.3 Å². The molecule has 2 rings (SSSR count). The largest absolute Gasteiger partial charge is 0.497 e. The Labute approximate surface area is 132 Å². The van der Waals surface area contributed by atoms with Crippen molar-refractivity contribution < 1.29 is 27.5 Å². The summed E-state index contributed by atoms with van der Waals surface area (Å²) in [6, 6.07) is 7.51. The Bertz CT molecular complexity index is 626. The smallest absolute Gasteiger partial charge is 0.379 e. The molecular weight excluding hydrogens is 308 g/mol. The second-order valence-corrected chi connectivity index (χ2v) is 4.66. The molecule has 23 heavy (non-hydrogen) atoms. The van der Waals surface area contributed by atoms with Gasteiger partial charge in [0.05, 0.1) is 20.0 Å². The first-order valence-corrected chi connectivity index (χ1v) is 6.98. The molecule has 1 aromatic heterocycles. The molecule has 124 valence electrons. The van der Waals surface area contributed by atoms with Crippen molar-refractivity contribution >= 4 is 11.7 Å². The molecule has 2 aromatic rings. The molecule has 0 saturated heterocycles. The van der Waals surface area contributed by atoms with Crippen LogP contribution in [0.1, 0.15) is 18.7 Å². The van der Waals surface area contributed by atoms with Crippen LogP contribution in [-0.4, -0.2) is 25.6 Å². The van der Waals surface area contributed by atoms with Gasteiger partial charge in [-0.15, -0.1) is 0 Å². The fourth-order valence-electron chi connectivity index (χ4n) is 2.00. The summed E-state index contributed by atoms with van der Waals surface area (Å²) in [5.41, 5.74) is 0.385. The number of furan rings is 1. The minimum absolute atomic E-state index is 0.0705. The van der Waals surface area contributed by atoms with Gasteiger partial charge in [0.1, 0.15) is 11.5 Å². The molecule has 5 nitrogen and oxygen atoms in total. The number of anilines is 1. The summed E-state index contributed by atoms with van der Waals surface area (Å²) in [6.07, 6.45) is 1.26. The zero-order chi connectivity index (χ0) is 16.9. The summed E-state index contributed by atoms with van der Waals surface area (Å²) in [6.45, 7) is 1.33.